The van der Waals surface area contributed by atoms with Crippen molar-refractivity contribution >= 4 is 15.9 Å². The molecule has 0 amide bonds. The molecule has 96 valence electrons. The minimum Gasteiger partial charge on any atom is -0.313 e. The van der Waals surface area contributed by atoms with Gasteiger partial charge in [-0.25, -0.2) is 0 Å². The van der Waals surface area contributed by atoms with Crippen LogP contribution in [0.2, 0.25) is 0 Å². The van der Waals surface area contributed by atoms with Crippen LogP contribution in [0.5, 0.6) is 0 Å². The van der Waals surface area contributed by atoms with Crippen molar-refractivity contribution in [3.8, 4) is 0 Å². The summed E-state index contributed by atoms with van der Waals surface area (Å²) >= 11 is 3.54. The predicted molar refractivity (Wildman–Crippen MR) is 77.6 cm³/mol. The van der Waals surface area contributed by atoms with Crippen molar-refractivity contribution < 1.29 is 0 Å². The SMILES string of the molecule is CNC(Cc1ccn(C)n1)c1cc(Br)ccc1C. The summed E-state index contributed by atoms with van der Waals surface area (Å²) in [5.41, 5.74) is 3.72. The molecular formula is C14H18BrN3. The molecule has 1 unspecified atom stereocenters. The van der Waals surface area contributed by atoms with E-state index in [0.29, 0.717) is 0 Å². The molecule has 0 aliphatic rings. The van der Waals surface area contributed by atoms with Gasteiger partial charge in [-0.3, -0.25) is 4.68 Å². The molecule has 0 aliphatic heterocycles. The summed E-state index contributed by atoms with van der Waals surface area (Å²) in [5.74, 6) is 0. The highest BCUT2D eigenvalue weighted by molar-refractivity contribution is 9.10. The molecule has 0 spiro atoms. The molecule has 1 aromatic heterocycles. The lowest BCUT2D eigenvalue weighted by molar-refractivity contribution is 0.574. The largest absolute Gasteiger partial charge is 0.313 e. The van der Waals surface area contributed by atoms with Gasteiger partial charge in [-0.05, 0) is 43.3 Å². The summed E-state index contributed by atoms with van der Waals surface area (Å²) in [6.45, 7) is 2.14. The van der Waals surface area contributed by atoms with Gasteiger partial charge in [0.2, 0.25) is 0 Å². The lowest BCUT2D eigenvalue weighted by Gasteiger charge is -2.18. The Hall–Kier alpha value is -1.13. The van der Waals surface area contributed by atoms with Crippen molar-refractivity contribution in [2.24, 2.45) is 7.05 Å². The molecule has 0 fully saturated rings. The van der Waals surface area contributed by atoms with E-state index < -0.39 is 0 Å². The number of halogens is 1. The molecular weight excluding hydrogens is 290 g/mol. The van der Waals surface area contributed by atoms with Crippen LogP contribution < -0.4 is 5.32 Å². The first-order chi connectivity index (χ1) is 8.60. The van der Waals surface area contributed by atoms with Gasteiger partial charge in [-0.15, -0.1) is 0 Å². The van der Waals surface area contributed by atoms with E-state index in [0.717, 1.165) is 16.6 Å². The molecule has 0 aliphatic carbocycles. The number of aryl methyl sites for hydroxylation is 2. The van der Waals surface area contributed by atoms with Crippen LogP contribution in [0.3, 0.4) is 0 Å². The summed E-state index contributed by atoms with van der Waals surface area (Å²) in [6.07, 6.45) is 2.88. The Labute approximate surface area is 116 Å². The first-order valence-corrected chi connectivity index (χ1v) is 6.81. The molecule has 0 radical (unpaired) electrons. The van der Waals surface area contributed by atoms with Crippen LogP contribution in [0.25, 0.3) is 0 Å². The molecule has 1 aromatic carbocycles. The molecule has 1 heterocycles. The molecule has 1 atom stereocenters. The van der Waals surface area contributed by atoms with Gasteiger partial charge in [0.05, 0.1) is 5.69 Å². The number of rotatable bonds is 4. The lowest BCUT2D eigenvalue weighted by Crippen LogP contribution is -2.20. The zero-order valence-electron chi connectivity index (χ0n) is 10.9. The topological polar surface area (TPSA) is 29.9 Å². The lowest BCUT2D eigenvalue weighted by atomic mass is 9.98. The van der Waals surface area contributed by atoms with Crippen molar-refractivity contribution in [1.82, 2.24) is 15.1 Å². The Morgan fingerprint density at radius 3 is 2.78 bits per heavy atom. The highest BCUT2D eigenvalue weighted by atomic mass is 79.9. The third kappa shape index (κ3) is 3.00. The zero-order valence-corrected chi connectivity index (χ0v) is 12.5. The molecule has 2 aromatic rings. The molecule has 18 heavy (non-hydrogen) atoms. The van der Waals surface area contributed by atoms with Crippen LogP contribution in [-0.2, 0) is 13.5 Å². The molecule has 0 saturated carbocycles. The van der Waals surface area contributed by atoms with E-state index >= 15 is 0 Å². The third-order valence-corrected chi connectivity index (χ3v) is 3.64. The molecule has 2 rings (SSSR count). The number of hydrogen-bond donors (Lipinski definition) is 1. The van der Waals surface area contributed by atoms with E-state index in [-0.39, 0.29) is 6.04 Å². The van der Waals surface area contributed by atoms with Crippen LogP contribution in [0, 0.1) is 6.92 Å². The Morgan fingerprint density at radius 2 is 2.17 bits per heavy atom. The smallest absolute Gasteiger partial charge is 0.0643 e. The van der Waals surface area contributed by atoms with Gasteiger partial charge in [-0.1, -0.05) is 22.0 Å². The van der Waals surface area contributed by atoms with Crippen molar-refractivity contribution in [3.63, 3.8) is 0 Å². The third-order valence-electron chi connectivity index (χ3n) is 3.15. The first kappa shape index (κ1) is 13.3. The molecule has 0 saturated heterocycles. The van der Waals surface area contributed by atoms with Crippen molar-refractivity contribution in [2.45, 2.75) is 19.4 Å². The van der Waals surface area contributed by atoms with Crippen LogP contribution in [0.4, 0.5) is 0 Å². The van der Waals surface area contributed by atoms with E-state index in [4.69, 9.17) is 0 Å². The van der Waals surface area contributed by atoms with Crippen molar-refractivity contribution in [2.75, 3.05) is 7.05 Å². The molecule has 4 heteroatoms. The van der Waals surface area contributed by atoms with Crippen molar-refractivity contribution in [3.05, 3.63) is 51.8 Å². The molecule has 0 bridgehead atoms. The maximum atomic E-state index is 4.44. The minimum atomic E-state index is 0.289. The van der Waals surface area contributed by atoms with Crippen molar-refractivity contribution in [1.29, 1.82) is 0 Å². The standard InChI is InChI=1S/C14H18BrN3/c1-10-4-5-11(15)8-13(10)14(16-2)9-12-6-7-18(3)17-12/h4-8,14,16H,9H2,1-3H3. The maximum absolute atomic E-state index is 4.44. The van der Waals surface area contributed by atoms with Gasteiger partial charge >= 0.3 is 0 Å². The van der Waals surface area contributed by atoms with E-state index in [2.05, 4.69) is 57.5 Å². The highest BCUT2D eigenvalue weighted by Crippen LogP contribution is 2.24. The fourth-order valence-electron chi connectivity index (χ4n) is 2.14. The number of benzene rings is 1. The predicted octanol–water partition coefficient (Wildman–Crippen LogP) is 2.99. The van der Waals surface area contributed by atoms with Crippen LogP contribution in [0.1, 0.15) is 22.9 Å². The van der Waals surface area contributed by atoms with Crippen LogP contribution in [-0.4, -0.2) is 16.8 Å². The van der Waals surface area contributed by atoms with E-state index in [1.807, 2.05) is 25.0 Å². The number of aromatic nitrogens is 2. The summed E-state index contributed by atoms with van der Waals surface area (Å²) in [5, 5.41) is 7.82. The average molecular weight is 308 g/mol. The molecule has 1 N–H and O–H groups in total. The van der Waals surface area contributed by atoms with Gasteiger partial charge < -0.3 is 5.32 Å². The average Bonchev–Trinajstić information content (AvgIpc) is 2.75. The molecule has 3 nitrogen and oxygen atoms in total. The van der Waals surface area contributed by atoms with E-state index in [1.54, 1.807) is 0 Å². The number of nitrogens with one attached hydrogen (secondary N) is 1. The highest BCUT2D eigenvalue weighted by Gasteiger charge is 2.14. The summed E-state index contributed by atoms with van der Waals surface area (Å²) in [4.78, 5) is 0. The van der Waals surface area contributed by atoms with E-state index in [1.165, 1.54) is 11.1 Å². The monoisotopic (exact) mass is 307 g/mol. The Balaban J connectivity index is 2.25. The second kappa shape index (κ2) is 5.67. The zero-order chi connectivity index (χ0) is 13.1. The maximum Gasteiger partial charge on any atom is 0.0643 e. The van der Waals surface area contributed by atoms with Gasteiger partial charge in [0.25, 0.3) is 0 Å². The second-order valence-corrected chi connectivity index (χ2v) is 5.44. The van der Waals surface area contributed by atoms with Gasteiger partial charge in [0.15, 0.2) is 0 Å². The Morgan fingerprint density at radius 1 is 1.39 bits per heavy atom. The van der Waals surface area contributed by atoms with Gasteiger partial charge in [0, 0.05) is 30.2 Å². The number of likely N-dealkylation sites (N-methyl/N-ethyl adjacent to an activating group) is 1. The first-order valence-electron chi connectivity index (χ1n) is 6.02. The van der Waals surface area contributed by atoms with Gasteiger partial charge in [0.1, 0.15) is 0 Å². The summed E-state index contributed by atoms with van der Waals surface area (Å²) in [6, 6.07) is 8.75. The normalized spacial score (nSPS) is 12.7. The second-order valence-electron chi connectivity index (χ2n) is 4.53. The summed E-state index contributed by atoms with van der Waals surface area (Å²) < 4.78 is 2.96. The Kier molecular flexibility index (Phi) is 4.19. The fraction of sp³-hybridized carbons (Fsp3) is 0.357. The van der Waals surface area contributed by atoms with Crippen LogP contribution >= 0.6 is 15.9 Å². The Bertz CT molecular complexity index is 534. The summed E-state index contributed by atoms with van der Waals surface area (Å²) in [7, 11) is 3.94. The quantitative estimate of drug-likeness (QED) is 0.941. The van der Waals surface area contributed by atoms with E-state index in [9.17, 15) is 0 Å². The fourth-order valence-corrected chi connectivity index (χ4v) is 2.51. The number of nitrogens with zero attached hydrogens (tertiary/aromatic N) is 2. The van der Waals surface area contributed by atoms with Gasteiger partial charge in [-0.2, -0.15) is 5.10 Å². The minimum absolute atomic E-state index is 0.289. The van der Waals surface area contributed by atoms with Crippen LogP contribution in [0.15, 0.2) is 34.9 Å². The number of hydrogen-bond acceptors (Lipinski definition) is 2.